The molecule has 35 heavy (non-hydrogen) atoms. The molecule has 11 N–H and O–H groups in total. The first-order valence-electron chi connectivity index (χ1n) is 11.1. The van der Waals surface area contributed by atoms with Crippen molar-refractivity contribution in [2.45, 2.75) is 70.1 Å². The molecule has 3 amide bonds. The number of aliphatic carboxylic acids is 2. The van der Waals surface area contributed by atoms with Gasteiger partial charge in [-0.05, 0) is 31.6 Å². The number of hydrogen-bond acceptors (Lipinski definition) is 8. The number of rotatable bonds is 17. The van der Waals surface area contributed by atoms with E-state index in [1.165, 1.54) is 0 Å². The lowest BCUT2D eigenvalue weighted by molar-refractivity contribution is -0.142. The molecular formula is C20H37N7O7S. The van der Waals surface area contributed by atoms with Crippen LogP contribution in [0.15, 0.2) is 4.99 Å². The van der Waals surface area contributed by atoms with Crippen LogP contribution in [0.5, 0.6) is 0 Å². The lowest BCUT2D eigenvalue weighted by atomic mass is 10.0. The van der Waals surface area contributed by atoms with Gasteiger partial charge < -0.3 is 43.4 Å². The van der Waals surface area contributed by atoms with Crippen LogP contribution in [0.3, 0.4) is 0 Å². The van der Waals surface area contributed by atoms with Gasteiger partial charge in [0.25, 0.3) is 0 Å². The molecular weight excluding hydrogens is 482 g/mol. The molecule has 0 saturated heterocycles. The minimum absolute atomic E-state index is 0.00409. The van der Waals surface area contributed by atoms with Crippen LogP contribution in [0.1, 0.15) is 46.0 Å². The van der Waals surface area contributed by atoms with Gasteiger partial charge in [-0.3, -0.25) is 24.2 Å². The molecule has 0 fully saturated rings. The number of thiol groups is 1. The number of amides is 3. The minimum Gasteiger partial charge on any atom is -0.481 e. The summed E-state index contributed by atoms with van der Waals surface area (Å²) in [5.41, 5.74) is 16.3. The number of nitrogens with one attached hydrogen (secondary N) is 3. The van der Waals surface area contributed by atoms with Crippen LogP contribution >= 0.6 is 12.6 Å². The predicted molar refractivity (Wildman–Crippen MR) is 131 cm³/mol. The van der Waals surface area contributed by atoms with Gasteiger partial charge >= 0.3 is 11.9 Å². The number of hydrogen-bond donors (Lipinski definition) is 9. The van der Waals surface area contributed by atoms with E-state index < -0.39 is 53.8 Å². The van der Waals surface area contributed by atoms with E-state index in [-0.39, 0.29) is 56.3 Å². The molecule has 15 heteroatoms. The number of guanidine groups is 1. The monoisotopic (exact) mass is 519 g/mol. The largest absolute Gasteiger partial charge is 0.481 e. The Bertz CT molecular complexity index is 775. The van der Waals surface area contributed by atoms with Crippen molar-refractivity contribution in [1.82, 2.24) is 16.0 Å². The standard InChI is InChI=1S/C20H37N7O7S/c1-10(2)8-13(19(33)34)26-18(32)14(9-35)27-17(31)12(4-3-7-24-20(22)23)25-16(30)11(21)5-6-15(28)29/h10-14,35H,3-9,21H2,1-2H3,(H,25,30)(H,26,32)(H,27,31)(H,28,29)(H,33,34)(H4,22,23,24). The van der Waals surface area contributed by atoms with Crippen LogP contribution in [0, 0.1) is 5.92 Å². The van der Waals surface area contributed by atoms with Gasteiger partial charge in [-0.2, -0.15) is 12.6 Å². The van der Waals surface area contributed by atoms with Gasteiger partial charge in [0.2, 0.25) is 17.7 Å². The Morgan fingerprint density at radius 2 is 1.43 bits per heavy atom. The summed E-state index contributed by atoms with van der Waals surface area (Å²) in [6.07, 6.45) is 0.0719. The summed E-state index contributed by atoms with van der Waals surface area (Å²) in [7, 11) is 0. The third kappa shape index (κ3) is 14.0. The van der Waals surface area contributed by atoms with Crippen LogP contribution in [0.2, 0.25) is 0 Å². The second kappa shape index (κ2) is 16.5. The van der Waals surface area contributed by atoms with Gasteiger partial charge in [-0.15, -0.1) is 0 Å². The summed E-state index contributed by atoms with van der Waals surface area (Å²) in [6, 6.07) is -4.65. The van der Waals surface area contributed by atoms with E-state index in [0.717, 1.165) is 0 Å². The van der Waals surface area contributed by atoms with Gasteiger partial charge in [-0.1, -0.05) is 13.8 Å². The van der Waals surface area contributed by atoms with Gasteiger partial charge in [0.15, 0.2) is 5.96 Å². The van der Waals surface area contributed by atoms with Crippen LogP contribution < -0.4 is 33.2 Å². The maximum Gasteiger partial charge on any atom is 0.326 e. The maximum absolute atomic E-state index is 12.9. The number of carboxylic acid groups (broad SMARTS) is 2. The highest BCUT2D eigenvalue weighted by atomic mass is 32.1. The highest BCUT2D eigenvalue weighted by molar-refractivity contribution is 7.80. The molecule has 4 unspecified atom stereocenters. The second-order valence-electron chi connectivity index (χ2n) is 8.32. The zero-order chi connectivity index (χ0) is 27.1. The van der Waals surface area contributed by atoms with E-state index in [4.69, 9.17) is 22.3 Å². The molecule has 200 valence electrons. The molecule has 4 atom stereocenters. The Hall–Kier alpha value is -3.07. The first-order chi connectivity index (χ1) is 16.3. The van der Waals surface area contributed by atoms with E-state index in [1.807, 2.05) is 0 Å². The van der Waals surface area contributed by atoms with Crippen LogP contribution in [0.25, 0.3) is 0 Å². The summed E-state index contributed by atoms with van der Waals surface area (Å²) in [4.78, 5) is 63.8. The van der Waals surface area contributed by atoms with Crippen molar-refractivity contribution in [3.8, 4) is 0 Å². The maximum atomic E-state index is 12.9. The van der Waals surface area contributed by atoms with Gasteiger partial charge in [0.05, 0.1) is 6.04 Å². The third-order valence-electron chi connectivity index (χ3n) is 4.72. The van der Waals surface area contributed by atoms with Crippen LogP contribution in [-0.2, 0) is 24.0 Å². The lowest BCUT2D eigenvalue weighted by Crippen LogP contribution is -2.57. The van der Waals surface area contributed by atoms with Crippen molar-refractivity contribution in [2.24, 2.45) is 28.1 Å². The molecule has 0 aromatic heterocycles. The highest BCUT2D eigenvalue weighted by Gasteiger charge is 2.30. The molecule has 0 saturated carbocycles. The van der Waals surface area contributed by atoms with Crippen molar-refractivity contribution >= 4 is 48.2 Å². The van der Waals surface area contributed by atoms with Crippen molar-refractivity contribution in [2.75, 3.05) is 12.3 Å². The van der Waals surface area contributed by atoms with E-state index in [9.17, 15) is 29.1 Å². The summed E-state index contributed by atoms with van der Waals surface area (Å²) in [5.74, 6) is -4.86. The fraction of sp³-hybridized carbons (Fsp3) is 0.700. The molecule has 0 aliphatic heterocycles. The average molecular weight is 520 g/mol. The van der Waals surface area contributed by atoms with Crippen molar-refractivity contribution < 1.29 is 34.2 Å². The van der Waals surface area contributed by atoms with E-state index in [0.29, 0.717) is 0 Å². The Labute approximate surface area is 209 Å². The summed E-state index contributed by atoms with van der Waals surface area (Å²) >= 11 is 4.07. The number of carbonyl (C=O) groups excluding carboxylic acids is 3. The molecule has 0 aromatic carbocycles. The molecule has 14 nitrogen and oxygen atoms in total. The molecule has 0 spiro atoms. The Balaban J connectivity index is 5.36. The van der Waals surface area contributed by atoms with E-state index in [2.05, 4.69) is 33.6 Å². The number of aliphatic imine (C=N–C) groups is 1. The fourth-order valence-electron chi connectivity index (χ4n) is 2.89. The van der Waals surface area contributed by atoms with Gasteiger partial charge in [0, 0.05) is 18.7 Å². The number of nitrogens with zero attached hydrogens (tertiary/aromatic N) is 1. The van der Waals surface area contributed by atoms with Crippen LogP contribution in [-0.4, -0.2) is 82.3 Å². The quantitative estimate of drug-likeness (QED) is 0.0431. The summed E-state index contributed by atoms with van der Waals surface area (Å²) in [5, 5.41) is 25.4. The first kappa shape index (κ1) is 31.9. The molecule has 0 aliphatic rings. The average Bonchev–Trinajstić information content (AvgIpc) is 2.76. The number of carbonyl (C=O) groups is 5. The number of nitrogens with two attached hydrogens (primary N) is 3. The molecule has 0 radical (unpaired) electrons. The topological polar surface area (TPSA) is 252 Å². The summed E-state index contributed by atoms with van der Waals surface area (Å²) in [6.45, 7) is 3.77. The van der Waals surface area contributed by atoms with Gasteiger partial charge in [-0.25, -0.2) is 4.79 Å². The SMILES string of the molecule is CC(C)CC(NC(=O)C(CS)NC(=O)C(CCCN=C(N)N)NC(=O)C(N)CCC(=O)O)C(=O)O. The zero-order valence-electron chi connectivity index (χ0n) is 19.9. The molecule has 0 heterocycles. The van der Waals surface area contributed by atoms with E-state index in [1.54, 1.807) is 13.8 Å². The van der Waals surface area contributed by atoms with Crippen molar-refractivity contribution in [1.29, 1.82) is 0 Å². The van der Waals surface area contributed by atoms with E-state index >= 15 is 0 Å². The smallest absolute Gasteiger partial charge is 0.326 e. The fourth-order valence-corrected chi connectivity index (χ4v) is 3.15. The molecule has 0 bridgehead atoms. The minimum atomic E-state index is -1.21. The van der Waals surface area contributed by atoms with Crippen LogP contribution in [0.4, 0.5) is 0 Å². The van der Waals surface area contributed by atoms with Crippen molar-refractivity contribution in [3.05, 3.63) is 0 Å². The molecule has 0 aliphatic carbocycles. The normalized spacial score (nSPS) is 14.2. The van der Waals surface area contributed by atoms with Crippen molar-refractivity contribution in [3.63, 3.8) is 0 Å². The Morgan fingerprint density at radius 3 is 1.91 bits per heavy atom. The lowest BCUT2D eigenvalue weighted by Gasteiger charge is -2.24. The summed E-state index contributed by atoms with van der Waals surface area (Å²) < 4.78 is 0. The first-order valence-corrected chi connectivity index (χ1v) is 11.7. The third-order valence-corrected chi connectivity index (χ3v) is 5.09. The molecule has 0 aromatic rings. The highest BCUT2D eigenvalue weighted by Crippen LogP contribution is 2.07. The Morgan fingerprint density at radius 1 is 0.886 bits per heavy atom. The Kier molecular flexibility index (Phi) is 15.1. The predicted octanol–water partition coefficient (Wildman–Crippen LogP) is -2.25. The zero-order valence-corrected chi connectivity index (χ0v) is 20.8. The second-order valence-corrected chi connectivity index (χ2v) is 8.69. The molecule has 0 rings (SSSR count). The van der Waals surface area contributed by atoms with Gasteiger partial charge in [0.1, 0.15) is 18.1 Å². The number of carboxylic acids is 2.